The summed E-state index contributed by atoms with van der Waals surface area (Å²) in [7, 11) is -2.35. The Balaban J connectivity index is 2.35. The first-order chi connectivity index (χ1) is 10.1. The van der Waals surface area contributed by atoms with E-state index in [0.29, 0.717) is 10.6 Å². The first kappa shape index (κ1) is 16.9. The third-order valence-corrected chi connectivity index (χ3v) is 5.84. The molecule has 1 saturated heterocycles. The van der Waals surface area contributed by atoms with E-state index < -0.39 is 16.0 Å². The summed E-state index contributed by atoms with van der Waals surface area (Å²) in [6, 6.07) is 0. The zero-order valence-corrected chi connectivity index (χ0v) is 14.2. The number of anilines is 1. The molecule has 2 N–H and O–H groups in total. The van der Waals surface area contributed by atoms with Crippen LogP contribution in [0.5, 0.6) is 0 Å². The molecular formula is C13H18N2O5S2. The average molecular weight is 346 g/mol. The number of esters is 1. The summed E-state index contributed by atoms with van der Waals surface area (Å²) in [4.78, 5) is 26.6. The Kier molecular flexibility index (Phi) is 4.59. The van der Waals surface area contributed by atoms with E-state index in [1.807, 2.05) is 6.92 Å². The van der Waals surface area contributed by atoms with Crippen molar-refractivity contribution >= 4 is 38.2 Å². The summed E-state index contributed by atoms with van der Waals surface area (Å²) in [5.41, 5.74) is 1.14. The molecule has 22 heavy (non-hydrogen) atoms. The number of carbonyl (C=O) groups is 2. The number of aryl methyl sites for hydroxylation is 1. The number of sulfonamides is 1. The number of nitrogens with two attached hydrogens (primary N) is 1. The first-order valence-electron chi connectivity index (χ1n) is 6.63. The lowest BCUT2D eigenvalue weighted by atomic mass is 10.1. The van der Waals surface area contributed by atoms with E-state index in [0.717, 1.165) is 10.4 Å². The third-order valence-electron chi connectivity index (χ3n) is 3.67. The van der Waals surface area contributed by atoms with Crippen LogP contribution < -0.4 is 10.0 Å². The maximum absolute atomic E-state index is 12.2. The molecule has 1 aliphatic heterocycles. The smallest absolute Gasteiger partial charge is 0.341 e. The van der Waals surface area contributed by atoms with Crippen molar-refractivity contribution in [2.75, 3.05) is 24.3 Å². The minimum atomic E-state index is -3.64. The van der Waals surface area contributed by atoms with Gasteiger partial charge in [0.05, 0.1) is 18.4 Å². The Morgan fingerprint density at radius 1 is 1.45 bits per heavy atom. The van der Waals surface area contributed by atoms with Gasteiger partial charge >= 0.3 is 5.97 Å². The number of hydrogen-bond acceptors (Lipinski definition) is 6. The lowest BCUT2D eigenvalue weighted by Gasteiger charge is -2.16. The maximum atomic E-state index is 12.2. The molecule has 0 radical (unpaired) electrons. The number of primary sulfonamides is 1. The molecule has 1 atom stereocenters. The molecule has 1 amide bonds. The Hall–Kier alpha value is -1.45. The van der Waals surface area contributed by atoms with Crippen molar-refractivity contribution in [3.63, 3.8) is 0 Å². The molecule has 0 aliphatic carbocycles. The van der Waals surface area contributed by atoms with Crippen molar-refractivity contribution in [1.29, 1.82) is 0 Å². The second-order valence-corrected chi connectivity index (χ2v) is 8.22. The van der Waals surface area contributed by atoms with Crippen molar-refractivity contribution in [3.05, 3.63) is 16.0 Å². The van der Waals surface area contributed by atoms with E-state index in [1.54, 1.807) is 6.92 Å². The van der Waals surface area contributed by atoms with Gasteiger partial charge < -0.3 is 9.64 Å². The van der Waals surface area contributed by atoms with Gasteiger partial charge in [-0.05, 0) is 19.4 Å². The van der Waals surface area contributed by atoms with Crippen LogP contribution in [-0.2, 0) is 19.6 Å². The molecule has 0 bridgehead atoms. The highest BCUT2D eigenvalue weighted by Gasteiger charge is 2.36. The van der Waals surface area contributed by atoms with E-state index in [4.69, 9.17) is 9.88 Å². The minimum absolute atomic E-state index is 0.104. The Bertz CT molecular complexity index is 723. The minimum Gasteiger partial charge on any atom is -0.465 e. The molecule has 1 aromatic heterocycles. The fraction of sp³-hybridized carbons (Fsp3) is 0.538. The van der Waals surface area contributed by atoms with Gasteiger partial charge in [-0.1, -0.05) is 0 Å². The number of methoxy groups -OCH3 is 1. The van der Waals surface area contributed by atoms with Crippen LogP contribution in [0.4, 0.5) is 5.00 Å². The van der Waals surface area contributed by atoms with Crippen molar-refractivity contribution in [3.8, 4) is 0 Å². The SMILES string of the molecule is COC(=O)c1c(N2CC(CS(N)(=O)=O)CC2=O)sc(C)c1C. The van der Waals surface area contributed by atoms with E-state index in [2.05, 4.69) is 0 Å². The summed E-state index contributed by atoms with van der Waals surface area (Å²) in [6.07, 6.45) is 0.104. The van der Waals surface area contributed by atoms with Gasteiger partial charge in [0, 0.05) is 23.8 Å². The standard InChI is InChI=1S/C13H18N2O5S2/c1-7-8(2)21-12(11(7)13(17)20-3)15-5-9(4-10(15)16)6-22(14,18)19/h9H,4-6H2,1-3H3,(H2,14,18,19). The second kappa shape index (κ2) is 5.98. The molecule has 1 fully saturated rings. The largest absolute Gasteiger partial charge is 0.465 e. The van der Waals surface area contributed by atoms with Gasteiger partial charge in [0.15, 0.2) is 0 Å². The number of nitrogens with zero attached hydrogens (tertiary/aromatic N) is 1. The fourth-order valence-electron chi connectivity index (χ4n) is 2.56. The normalized spacial score (nSPS) is 18.8. The highest BCUT2D eigenvalue weighted by molar-refractivity contribution is 7.89. The predicted octanol–water partition coefficient (Wildman–Crippen LogP) is 0.793. The van der Waals surface area contributed by atoms with Gasteiger partial charge in [-0.25, -0.2) is 18.4 Å². The predicted molar refractivity (Wildman–Crippen MR) is 83.6 cm³/mol. The highest BCUT2D eigenvalue weighted by atomic mass is 32.2. The molecule has 2 rings (SSSR count). The van der Waals surface area contributed by atoms with E-state index in [-0.39, 0.29) is 30.5 Å². The van der Waals surface area contributed by atoms with Gasteiger partial charge in [-0.15, -0.1) is 11.3 Å². The number of thiophene rings is 1. The van der Waals surface area contributed by atoms with Gasteiger partial charge in [0.2, 0.25) is 15.9 Å². The first-order valence-corrected chi connectivity index (χ1v) is 9.16. The van der Waals surface area contributed by atoms with E-state index >= 15 is 0 Å². The summed E-state index contributed by atoms with van der Waals surface area (Å²) in [5.74, 6) is -1.32. The van der Waals surface area contributed by atoms with Crippen LogP contribution in [-0.4, -0.2) is 39.7 Å². The van der Waals surface area contributed by atoms with Crippen LogP contribution >= 0.6 is 11.3 Å². The van der Waals surface area contributed by atoms with Gasteiger partial charge in [0.1, 0.15) is 5.00 Å². The van der Waals surface area contributed by atoms with Crippen molar-refractivity contribution in [1.82, 2.24) is 0 Å². The van der Waals surface area contributed by atoms with Gasteiger partial charge in [-0.3, -0.25) is 4.79 Å². The Labute approximate surface area is 133 Å². The molecule has 7 nitrogen and oxygen atoms in total. The monoisotopic (exact) mass is 346 g/mol. The lowest BCUT2D eigenvalue weighted by molar-refractivity contribution is -0.117. The van der Waals surface area contributed by atoms with E-state index in [1.165, 1.54) is 23.3 Å². The molecule has 0 saturated carbocycles. The average Bonchev–Trinajstić information content (AvgIpc) is 2.88. The molecule has 1 unspecified atom stereocenters. The maximum Gasteiger partial charge on any atom is 0.341 e. The van der Waals surface area contributed by atoms with Crippen molar-refractivity contribution < 1.29 is 22.7 Å². The third kappa shape index (κ3) is 3.31. The van der Waals surface area contributed by atoms with Crippen LogP contribution in [0, 0.1) is 19.8 Å². The van der Waals surface area contributed by atoms with Crippen molar-refractivity contribution in [2.45, 2.75) is 20.3 Å². The van der Waals surface area contributed by atoms with Crippen LogP contribution in [0.1, 0.15) is 27.2 Å². The number of carbonyl (C=O) groups excluding carboxylic acids is 2. The Morgan fingerprint density at radius 3 is 2.64 bits per heavy atom. The van der Waals surface area contributed by atoms with Gasteiger partial charge in [0.25, 0.3) is 0 Å². The summed E-state index contributed by atoms with van der Waals surface area (Å²) < 4.78 is 27.2. The number of amides is 1. The Morgan fingerprint density at radius 2 is 2.09 bits per heavy atom. The van der Waals surface area contributed by atoms with Crippen LogP contribution in [0.3, 0.4) is 0 Å². The molecule has 0 spiro atoms. The molecule has 9 heteroatoms. The number of rotatable bonds is 4. The highest BCUT2D eigenvalue weighted by Crippen LogP contribution is 2.38. The topological polar surface area (TPSA) is 107 Å². The number of ether oxygens (including phenoxy) is 1. The fourth-order valence-corrected chi connectivity index (χ4v) is 4.61. The zero-order valence-electron chi connectivity index (χ0n) is 12.6. The quantitative estimate of drug-likeness (QED) is 0.811. The lowest BCUT2D eigenvalue weighted by Crippen LogP contribution is -2.28. The summed E-state index contributed by atoms with van der Waals surface area (Å²) in [6.45, 7) is 3.89. The number of hydrogen-bond donors (Lipinski definition) is 1. The van der Waals surface area contributed by atoms with Crippen LogP contribution in [0.2, 0.25) is 0 Å². The van der Waals surface area contributed by atoms with Gasteiger partial charge in [-0.2, -0.15) is 0 Å². The zero-order chi connectivity index (χ0) is 16.7. The summed E-state index contributed by atoms with van der Waals surface area (Å²) in [5, 5.41) is 5.56. The van der Waals surface area contributed by atoms with E-state index in [9.17, 15) is 18.0 Å². The molecule has 122 valence electrons. The molecule has 0 aromatic carbocycles. The molecular weight excluding hydrogens is 328 g/mol. The molecule has 2 heterocycles. The van der Waals surface area contributed by atoms with Crippen molar-refractivity contribution in [2.24, 2.45) is 11.1 Å². The second-order valence-electron chi connectivity index (χ2n) is 5.36. The van der Waals surface area contributed by atoms with Crippen LogP contribution in [0.25, 0.3) is 0 Å². The summed E-state index contributed by atoms with van der Waals surface area (Å²) >= 11 is 1.33. The molecule has 1 aliphatic rings. The molecule has 1 aromatic rings. The van der Waals surface area contributed by atoms with Crippen LogP contribution in [0.15, 0.2) is 0 Å².